The summed E-state index contributed by atoms with van der Waals surface area (Å²) in [5.41, 5.74) is 1.42. The van der Waals surface area contributed by atoms with Gasteiger partial charge in [-0.1, -0.05) is 49.4 Å². The Bertz CT molecular complexity index is 894. The lowest BCUT2D eigenvalue weighted by molar-refractivity contribution is -0.146. The largest absolute Gasteiger partial charge is 0.547 e. The maximum atomic E-state index is 13.5. The highest BCUT2D eigenvalue weighted by atomic mass is 19.3. The first kappa shape index (κ1) is 20.8. The standard InChI is InChI=1S/C20H20BF2NO5/c1-2-20(22,23)19(26)24-16-11-14-9-6-10-15(17(14)29-21(16)27)18(25)28-12-13-7-4-3-5-8-13/h3-10,16,27H,2,11-12H2,1H3,(H,24,26)/t16-/m0/s1. The number of fused-ring (bicyclic) bond motifs is 1. The number of carbonyl (C=O) groups is 2. The average Bonchev–Trinajstić information content (AvgIpc) is 2.72. The van der Waals surface area contributed by atoms with E-state index in [0.29, 0.717) is 5.56 Å². The second kappa shape index (κ2) is 8.61. The van der Waals surface area contributed by atoms with Crippen LogP contribution in [0.1, 0.15) is 34.8 Å². The summed E-state index contributed by atoms with van der Waals surface area (Å²) >= 11 is 0. The third kappa shape index (κ3) is 4.74. The van der Waals surface area contributed by atoms with Gasteiger partial charge in [-0.2, -0.15) is 8.78 Å². The summed E-state index contributed by atoms with van der Waals surface area (Å²) in [6.07, 6.45) is -0.627. The van der Waals surface area contributed by atoms with E-state index in [1.54, 1.807) is 12.1 Å². The van der Waals surface area contributed by atoms with Crippen molar-refractivity contribution < 1.29 is 32.8 Å². The highest BCUT2D eigenvalue weighted by Crippen LogP contribution is 2.31. The average molecular weight is 403 g/mol. The molecule has 1 aliphatic rings. The lowest BCUT2D eigenvalue weighted by atomic mass is 9.72. The number of hydrogen-bond acceptors (Lipinski definition) is 5. The highest BCUT2D eigenvalue weighted by molar-refractivity contribution is 6.47. The third-order valence-electron chi connectivity index (χ3n) is 4.64. The molecule has 3 rings (SSSR count). The van der Waals surface area contributed by atoms with Gasteiger partial charge in [-0.05, 0) is 23.6 Å². The number of alkyl halides is 2. The first-order valence-electron chi connectivity index (χ1n) is 9.18. The van der Waals surface area contributed by atoms with Crippen molar-refractivity contribution in [3.8, 4) is 5.75 Å². The van der Waals surface area contributed by atoms with Crippen LogP contribution in [0, 0.1) is 0 Å². The molecule has 0 unspecified atom stereocenters. The van der Waals surface area contributed by atoms with Crippen molar-refractivity contribution in [2.45, 2.75) is 38.2 Å². The van der Waals surface area contributed by atoms with Crippen LogP contribution >= 0.6 is 0 Å². The zero-order valence-corrected chi connectivity index (χ0v) is 15.7. The zero-order valence-electron chi connectivity index (χ0n) is 15.7. The van der Waals surface area contributed by atoms with Crippen molar-refractivity contribution in [2.24, 2.45) is 0 Å². The minimum Gasteiger partial charge on any atom is -0.534 e. The Balaban J connectivity index is 1.72. The van der Waals surface area contributed by atoms with Crippen LogP contribution in [0.2, 0.25) is 0 Å². The molecule has 0 saturated carbocycles. The van der Waals surface area contributed by atoms with Crippen molar-refractivity contribution >= 4 is 19.0 Å². The Hall–Kier alpha value is -2.94. The molecule has 2 aromatic rings. The third-order valence-corrected chi connectivity index (χ3v) is 4.64. The van der Waals surface area contributed by atoms with E-state index < -0.39 is 37.3 Å². The van der Waals surface area contributed by atoms with Gasteiger partial charge in [0.25, 0.3) is 5.91 Å². The van der Waals surface area contributed by atoms with Gasteiger partial charge in [0.05, 0.1) is 5.94 Å². The Morgan fingerprint density at radius 1 is 1.24 bits per heavy atom. The summed E-state index contributed by atoms with van der Waals surface area (Å²) in [5, 5.41) is 12.3. The summed E-state index contributed by atoms with van der Waals surface area (Å²) in [4.78, 5) is 24.2. The molecule has 1 atom stereocenters. The first-order valence-corrected chi connectivity index (χ1v) is 9.18. The van der Waals surface area contributed by atoms with Crippen LogP contribution in [0.15, 0.2) is 48.5 Å². The molecular weight excluding hydrogens is 383 g/mol. The monoisotopic (exact) mass is 403 g/mol. The van der Waals surface area contributed by atoms with E-state index in [4.69, 9.17) is 9.39 Å². The fraction of sp³-hybridized carbons (Fsp3) is 0.300. The molecule has 9 heteroatoms. The number of amides is 1. The predicted octanol–water partition coefficient (Wildman–Crippen LogP) is 2.53. The Morgan fingerprint density at radius 3 is 2.66 bits per heavy atom. The van der Waals surface area contributed by atoms with E-state index in [2.05, 4.69) is 5.32 Å². The smallest absolute Gasteiger partial charge is 0.534 e. The van der Waals surface area contributed by atoms with E-state index in [-0.39, 0.29) is 24.3 Å². The van der Waals surface area contributed by atoms with Crippen LogP contribution in [-0.2, 0) is 22.6 Å². The molecule has 152 valence electrons. The summed E-state index contributed by atoms with van der Waals surface area (Å²) in [6.45, 7) is 1.26. The molecule has 1 heterocycles. The molecule has 2 aromatic carbocycles. The van der Waals surface area contributed by atoms with Crippen molar-refractivity contribution in [1.29, 1.82) is 0 Å². The number of para-hydroxylation sites is 1. The number of halogens is 2. The van der Waals surface area contributed by atoms with E-state index in [9.17, 15) is 23.4 Å². The van der Waals surface area contributed by atoms with E-state index >= 15 is 0 Å². The van der Waals surface area contributed by atoms with Gasteiger partial charge in [-0.3, -0.25) is 4.79 Å². The molecule has 0 bridgehead atoms. The summed E-state index contributed by atoms with van der Waals surface area (Å²) < 4.78 is 37.7. The number of nitrogens with one attached hydrogen (secondary N) is 1. The molecule has 0 radical (unpaired) electrons. The maximum absolute atomic E-state index is 13.5. The molecule has 1 amide bonds. The quantitative estimate of drug-likeness (QED) is 0.572. The van der Waals surface area contributed by atoms with Gasteiger partial charge in [0.1, 0.15) is 17.9 Å². The number of hydrogen-bond donors (Lipinski definition) is 2. The van der Waals surface area contributed by atoms with Crippen LogP contribution in [0.25, 0.3) is 0 Å². The molecule has 0 fully saturated rings. The van der Waals surface area contributed by atoms with Gasteiger partial charge < -0.3 is 19.7 Å². The number of carbonyl (C=O) groups excluding carboxylic acids is 2. The fourth-order valence-corrected chi connectivity index (χ4v) is 2.94. The summed E-state index contributed by atoms with van der Waals surface area (Å²) in [5.74, 6) is -6.61. The summed E-state index contributed by atoms with van der Waals surface area (Å²) in [6, 6.07) is 13.8. The number of benzene rings is 2. The molecule has 0 aromatic heterocycles. The van der Waals surface area contributed by atoms with Crippen molar-refractivity contribution in [1.82, 2.24) is 5.32 Å². The summed E-state index contributed by atoms with van der Waals surface area (Å²) in [7, 11) is -1.58. The lowest BCUT2D eigenvalue weighted by Crippen LogP contribution is -2.56. The van der Waals surface area contributed by atoms with Gasteiger partial charge in [0.2, 0.25) is 0 Å². The van der Waals surface area contributed by atoms with Gasteiger partial charge in [0, 0.05) is 6.42 Å². The van der Waals surface area contributed by atoms with Crippen LogP contribution < -0.4 is 9.97 Å². The number of esters is 1. The molecule has 29 heavy (non-hydrogen) atoms. The Morgan fingerprint density at radius 2 is 1.97 bits per heavy atom. The first-order chi connectivity index (χ1) is 13.8. The van der Waals surface area contributed by atoms with Crippen LogP contribution in [0.3, 0.4) is 0 Å². The molecule has 6 nitrogen and oxygen atoms in total. The predicted molar refractivity (Wildman–Crippen MR) is 101 cm³/mol. The molecule has 0 saturated heterocycles. The molecule has 0 spiro atoms. The number of ether oxygens (including phenoxy) is 1. The Kier molecular flexibility index (Phi) is 6.17. The second-order valence-electron chi connectivity index (χ2n) is 6.71. The van der Waals surface area contributed by atoms with Crippen LogP contribution in [-0.4, -0.2) is 35.9 Å². The normalized spacial score (nSPS) is 15.9. The topological polar surface area (TPSA) is 84.9 Å². The minimum absolute atomic E-state index is 0.0296. The van der Waals surface area contributed by atoms with Crippen molar-refractivity contribution in [3.05, 3.63) is 65.2 Å². The molecule has 1 aliphatic heterocycles. The SMILES string of the molecule is CCC(F)(F)C(=O)N[C@H]1Cc2cccc(C(=O)OCc3ccccc3)c2OB1O. The van der Waals surface area contributed by atoms with Crippen molar-refractivity contribution in [2.75, 3.05) is 0 Å². The fourth-order valence-electron chi connectivity index (χ4n) is 2.94. The van der Waals surface area contributed by atoms with Gasteiger partial charge >= 0.3 is 19.0 Å². The van der Waals surface area contributed by atoms with Gasteiger partial charge in [0.15, 0.2) is 0 Å². The van der Waals surface area contributed by atoms with Crippen LogP contribution in [0.4, 0.5) is 8.78 Å². The van der Waals surface area contributed by atoms with E-state index in [1.807, 2.05) is 30.3 Å². The minimum atomic E-state index is -3.54. The van der Waals surface area contributed by atoms with Gasteiger partial charge in [-0.25, -0.2) is 4.79 Å². The second-order valence-corrected chi connectivity index (χ2v) is 6.71. The van der Waals surface area contributed by atoms with E-state index in [1.165, 1.54) is 13.0 Å². The van der Waals surface area contributed by atoms with Crippen molar-refractivity contribution in [3.63, 3.8) is 0 Å². The van der Waals surface area contributed by atoms with Gasteiger partial charge in [-0.15, -0.1) is 0 Å². The zero-order chi connectivity index (χ0) is 21.0. The molecule has 2 N–H and O–H groups in total. The molecular formula is C20H20BF2NO5. The van der Waals surface area contributed by atoms with Crippen LogP contribution in [0.5, 0.6) is 5.75 Å². The maximum Gasteiger partial charge on any atom is 0.547 e. The highest BCUT2D eigenvalue weighted by Gasteiger charge is 2.43. The lowest BCUT2D eigenvalue weighted by Gasteiger charge is -2.30. The molecule has 0 aliphatic carbocycles. The Labute approximate surface area is 167 Å². The van der Waals surface area contributed by atoms with E-state index in [0.717, 1.165) is 5.56 Å². The number of rotatable bonds is 6.